The number of rotatable bonds is 6. The fourth-order valence-corrected chi connectivity index (χ4v) is 6.57. The molecule has 1 aliphatic rings. The van der Waals surface area contributed by atoms with Gasteiger partial charge in [0.25, 0.3) is 0 Å². The molecule has 0 fully saturated rings. The van der Waals surface area contributed by atoms with Crippen molar-refractivity contribution >= 4 is 62.3 Å². The van der Waals surface area contributed by atoms with Gasteiger partial charge in [0.1, 0.15) is 0 Å². The van der Waals surface area contributed by atoms with E-state index in [4.69, 9.17) is 4.98 Å². The first kappa shape index (κ1) is 32.6. The molecule has 3 N–H and O–H groups in total. The number of halogens is 3. The van der Waals surface area contributed by atoms with Gasteiger partial charge in [0.2, 0.25) is 17.5 Å². The van der Waals surface area contributed by atoms with Crippen molar-refractivity contribution in [2.24, 2.45) is 0 Å². The van der Waals surface area contributed by atoms with Crippen LogP contribution in [0.2, 0.25) is 0 Å². The molecule has 3 aromatic carbocycles. The van der Waals surface area contributed by atoms with E-state index < -0.39 is 49.3 Å². The Balaban J connectivity index is 1.58. The van der Waals surface area contributed by atoms with Gasteiger partial charge >= 0.3 is 17.1 Å². The van der Waals surface area contributed by atoms with Crippen LogP contribution in [0.4, 0.5) is 30.2 Å². The molecule has 1 aliphatic heterocycles. The molecular weight excluding hydrogens is 695 g/mol. The SMILES string of the molecule is O=[N+]([O-])c1cccc(-c2c3nc(c4ccc([nH]4)c(-c4cccc([N+](=O)[O-])c4F)c4ccc([nH]4)c(-c4cccc([N+](=O)[O-])c4F)c4ccc2[nH]4)C=C3)c1F. The monoisotopic (exact) mass is 715 g/mol. The van der Waals surface area contributed by atoms with E-state index in [0.29, 0.717) is 16.7 Å². The summed E-state index contributed by atoms with van der Waals surface area (Å²) in [6, 6.07) is 20.4. The van der Waals surface area contributed by atoms with Crippen LogP contribution in [-0.4, -0.2) is 34.7 Å². The fourth-order valence-electron chi connectivity index (χ4n) is 6.57. The minimum Gasteiger partial charge on any atom is -0.354 e. The first-order valence-electron chi connectivity index (χ1n) is 15.7. The summed E-state index contributed by atoms with van der Waals surface area (Å²) in [5.41, 5.74) is -0.467. The third kappa shape index (κ3) is 5.32. The largest absolute Gasteiger partial charge is 0.354 e. The van der Waals surface area contributed by atoms with E-state index in [1.54, 1.807) is 30.4 Å². The van der Waals surface area contributed by atoms with E-state index in [2.05, 4.69) is 15.0 Å². The molecule has 0 amide bonds. The molecule has 0 aliphatic carbocycles. The average molecular weight is 716 g/mol. The van der Waals surface area contributed by atoms with E-state index in [1.807, 2.05) is 0 Å². The van der Waals surface area contributed by atoms with E-state index in [0.717, 1.165) is 18.2 Å². The van der Waals surface area contributed by atoms with E-state index >= 15 is 13.2 Å². The van der Waals surface area contributed by atoms with E-state index in [1.165, 1.54) is 54.6 Å². The van der Waals surface area contributed by atoms with Crippen LogP contribution in [0.5, 0.6) is 0 Å². The smallest absolute Gasteiger partial charge is 0.305 e. The van der Waals surface area contributed by atoms with Crippen LogP contribution >= 0.6 is 0 Å². The molecule has 0 atom stereocenters. The number of aromatic amines is 3. The van der Waals surface area contributed by atoms with Crippen molar-refractivity contribution in [2.75, 3.05) is 0 Å². The van der Waals surface area contributed by atoms with Crippen LogP contribution in [0.1, 0.15) is 11.4 Å². The molecule has 0 spiro atoms. The average Bonchev–Trinajstić information content (AvgIpc) is 3.96. The zero-order chi connectivity index (χ0) is 37.1. The summed E-state index contributed by atoms with van der Waals surface area (Å²) in [6.45, 7) is 0. The van der Waals surface area contributed by atoms with Crippen LogP contribution in [0.25, 0.3) is 78.6 Å². The van der Waals surface area contributed by atoms with Crippen molar-refractivity contribution < 1.29 is 27.9 Å². The molecule has 0 unspecified atom stereocenters. The van der Waals surface area contributed by atoms with Gasteiger partial charge in [0.15, 0.2) is 0 Å². The zero-order valence-corrected chi connectivity index (χ0v) is 26.7. The number of benzene rings is 3. The van der Waals surface area contributed by atoms with Gasteiger partial charge in [-0.25, -0.2) is 4.98 Å². The Morgan fingerprint density at radius 1 is 0.434 bits per heavy atom. The van der Waals surface area contributed by atoms with Crippen molar-refractivity contribution in [1.82, 2.24) is 19.9 Å². The molecule has 53 heavy (non-hydrogen) atoms. The van der Waals surface area contributed by atoms with Crippen molar-refractivity contribution in [2.45, 2.75) is 0 Å². The highest BCUT2D eigenvalue weighted by Crippen LogP contribution is 2.40. The van der Waals surface area contributed by atoms with Gasteiger partial charge in [-0.3, -0.25) is 30.3 Å². The highest BCUT2D eigenvalue weighted by atomic mass is 19.1. The van der Waals surface area contributed by atoms with Gasteiger partial charge in [-0.2, -0.15) is 13.2 Å². The molecule has 8 rings (SSSR count). The summed E-state index contributed by atoms with van der Waals surface area (Å²) >= 11 is 0. The molecule has 16 heteroatoms. The van der Waals surface area contributed by atoms with Gasteiger partial charge < -0.3 is 15.0 Å². The number of hydrogen-bond donors (Lipinski definition) is 3. The summed E-state index contributed by atoms with van der Waals surface area (Å²) in [4.78, 5) is 46.9. The lowest BCUT2D eigenvalue weighted by molar-refractivity contribution is -0.387. The van der Waals surface area contributed by atoms with Crippen LogP contribution in [0, 0.1) is 47.8 Å². The number of hydrogen-bond acceptors (Lipinski definition) is 7. The normalized spacial score (nSPS) is 11.7. The predicted molar refractivity (Wildman–Crippen MR) is 191 cm³/mol. The van der Waals surface area contributed by atoms with Crippen LogP contribution in [0.3, 0.4) is 0 Å². The van der Waals surface area contributed by atoms with Crippen LogP contribution < -0.4 is 0 Å². The third-order valence-corrected chi connectivity index (χ3v) is 8.91. The Labute approximate surface area is 293 Å². The van der Waals surface area contributed by atoms with Gasteiger partial charge in [-0.15, -0.1) is 0 Å². The minimum atomic E-state index is -1.17. The Kier molecular flexibility index (Phi) is 7.56. The summed E-state index contributed by atoms with van der Waals surface area (Å²) in [5, 5.41) is 35.3. The van der Waals surface area contributed by atoms with Crippen LogP contribution in [-0.2, 0) is 0 Å². The zero-order valence-electron chi connectivity index (χ0n) is 26.7. The Hall–Kier alpha value is -7.62. The maximum absolute atomic E-state index is 16.1. The standard InChI is InChI=1S/C37H20F3N7O6/c38-35-18(4-1-7-29(35)45(48)49)32-23-12-10-21(41-23)22-11-13-24(42-22)33(19-5-2-8-30(36(19)39)46(50)51)26-15-17-28(44-26)34(27-16-14-25(32)43-27)20-6-3-9-31(37(20)40)47(52)53/h1-17,41,43-44H. The molecule has 5 heterocycles. The van der Waals surface area contributed by atoms with Crippen LogP contribution in [0.15, 0.2) is 91.0 Å². The third-order valence-electron chi connectivity index (χ3n) is 8.91. The number of nitrogens with zero attached hydrogens (tertiary/aromatic N) is 4. The topological polar surface area (TPSA) is 190 Å². The van der Waals surface area contributed by atoms with Crippen molar-refractivity contribution in [3.05, 3.63) is 150 Å². The number of H-pyrrole nitrogens is 3. The predicted octanol–water partition coefficient (Wildman–Crippen LogP) is 9.84. The number of nitrogens with one attached hydrogen (secondary N) is 3. The minimum absolute atomic E-state index is 0.0691. The summed E-state index contributed by atoms with van der Waals surface area (Å²) in [6.07, 6.45) is 3.19. The highest BCUT2D eigenvalue weighted by molar-refractivity contribution is 6.01. The van der Waals surface area contributed by atoms with Gasteiger partial charge in [0.05, 0.1) is 31.7 Å². The second-order valence-corrected chi connectivity index (χ2v) is 11.9. The Bertz CT molecular complexity index is 2890. The Morgan fingerprint density at radius 2 is 0.755 bits per heavy atom. The van der Waals surface area contributed by atoms with Crippen molar-refractivity contribution in [3.63, 3.8) is 0 Å². The quantitative estimate of drug-likeness (QED) is 0.113. The lowest BCUT2D eigenvalue weighted by Crippen LogP contribution is -1.96. The molecule has 4 aromatic heterocycles. The number of fused-ring (bicyclic) bond motifs is 9. The number of nitro benzene ring substituents is 3. The molecule has 0 saturated heterocycles. The lowest BCUT2D eigenvalue weighted by atomic mass is 10.0. The van der Waals surface area contributed by atoms with E-state index in [9.17, 15) is 30.3 Å². The van der Waals surface area contributed by atoms with Gasteiger partial charge in [-0.05, 0) is 48.6 Å². The maximum Gasteiger partial charge on any atom is 0.305 e. The summed E-state index contributed by atoms with van der Waals surface area (Å²) < 4.78 is 47.9. The first-order valence-corrected chi connectivity index (χ1v) is 15.7. The molecule has 8 bridgehead atoms. The second kappa shape index (κ2) is 12.3. The highest BCUT2D eigenvalue weighted by Gasteiger charge is 2.25. The lowest BCUT2D eigenvalue weighted by Gasteiger charge is -2.07. The Morgan fingerprint density at radius 3 is 1.15 bits per heavy atom. The number of nitro groups is 3. The van der Waals surface area contributed by atoms with Crippen molar-refractivity contribution in [1.29, 1.82) is 0 Å². The molecule has 0 radical (unpaired) electrons. The number of aromatic nitrogens is 4. The molecule has 0 saturated carbocycles. The van der Waals surface area contributed by atoms with Crippen molar-refractivity contribution in [3.8, 4) is 33.4 Å². The van der Waals surface area contributed by atoms with Gasteiger partial charge in [-0.1, -0.05) is 36.4 Å². The molecular formula is C37H20F3N7O6. The first-order chi connectivity index (χ1) is 25.5. The second-order valence-electron chi connectivity index (χ2n) is 11.9. The molecule has 260 valence electrons. The summed E-state index contributed by atoms with van der Waals surface area (Å²) in [5.74, 6) is -3.42. The molecule has 7 aromatic rings. The maximum atomic E-state index is 16.1. The summed E-state index contributed by atoms with van der Waals surface area (Å²) in [7, 11) is 0. The van der Waals surface area contributed by atoms with Gasteiger partial charge in [0, 0.05) is 79.2 Å². The fraction of sp³-hybridized carbons (Fsp3) is 0. The molecule has 13 nitrogen and oxygen atoms in total. The van der Waals surface area contributed by atoms with E-state index in [-0.39, 0.29) is 61.1 Å².